The summed E-state index contributed by atoms with van der Waals surface area (Å²) in [5.74, 6) is 0.796. The van der Waals surface area contributed by atoms with Crippen molar-refractivity contribution in [3.8, 4) is 0 Å². The maximum absolute atomic E-state index is 9.18. The minimum Gasteiger partial charge on any atom is -0.391 e. The van der Waals surface area contributed by atoms with Crippen LogP contribution in [0.2, 0.25) is 0 Å². The van der Waals surface area contributed by atoms with Crippen LogP contribution in [0.3, 0.4) is 0 Å². The molecular formula is C11H23NO2. The third kappa shape index (κ3) is 3.23. The molecule has 1 aliphatic rings. The van der Waals surface area contributed by atoms with E-state index in [4.69, 9.17) is 10.5 Å². The van der Waals surface area contributed by atoms with Crippen molar-refractivity contribution in [2.45, 2.75) is 51.2 Å². The SMILES string of the molecule is CC(O)COC1(CN)CCC(C)CC1. The van der Waals surface area contributed by atoms with Gasteiger partial charge in [0.05, 0.1) is 18.3 Å². The lowest BCUT2D eigenvalue weighted by Gasteiger charge is -2.38. The molecule has 0 aromatic rings. The molecule has 3 nitrogen and oxygen atoms in total. The van der Waals surface area contributed by atoms with Crippen molar-refractivity contribution in [2.75, 3.05) is 13.2 Å². The minimum atomic E-state index is -0.391. The Kier molecular flexibility index (Phi) is 4.35. The van der Waals surface area contributed by atoms with Crippen LogP contribution in [0, 0.1) is 5.92 Å². The Morgan fingerprint density at radius 1 is 1.50 bits per heavy atom. The van der Waals surface area contributed by atoms with Gasteiger partial charge in [0.15, 0.2) is 0 Å². The van der Waals surface area contributed by atoms with Crippen molar-refractivity contribution >= 4 is 0 Å². The summed E-state index contributed by atoms with van der Waals surface area (Å²) in [6.07, 6.45) is 4.07. The van der Waals surface area contributed by atoms with Crippen LogP contribution in [-0.2, 0) is 4.74 Å². The minimum absolute atomic E-state index is 0.149. The van der Waals surface area contributed by atoms with Crippen molar-refractivity contribution in [1.82, 2.24) is 0 Å². The standard InChI is InChI=1S/C11H23NO2/c1-9-3-5-11(8-12,6-4-9)14-7-10(2)13/h9-10,13H,3-8,12H2,1-2H3. The van der Waals surface area contributed by atoms with E-state index in [2.05, 4.69) is 6.92 Å². The van der Waals surface area contributed by atoms with Gasteiger partial charge in [-0.3, -0.25) is 0 Å². The van der Waals surface area contributed by atoms with Crippen LogP contribution < -0.4 is 5.73 Å². The first-order valence-corrected chi connectivity index (χ1v) is 5.60. The molecule has 1 unspecified atom stereocenters. The number of hydrogen-bond acceptors (Lipinski definition) is 3. The molecule has 84 valence electrons. The first-order chi connectivity index (χ1) is 6.58. The molecule has 0 heterocycles. The summed E-state index contributed by atoms with van der Waals surface area (Å²) in [4.78, 5) is 0. The lowest BCUT2D eigenvalue weighted by molar-refractivity contribution is -0.0949. The number of rotatable bonds is 4. The van der Waals surface area contributed by atoms with E-state index >= 15 is 0 Å². The number of hydrogen-bond donors (Lipinski definition) is 2. The Labute approximate surface area is 86.6 Å². The molecule has 0 aliphatic heterocycles. The molecule has 0 amide bonds. The highest BCUT2D eigenvalue weighted by molar-refractivity contribution is 4.87. The molecule has 3 heteroatoms. The monoisotopic (exact) mass is 201 g/mol. The smallest absolute Gasteiger partial charge is 0.0805 e. The molecule has 0 saturated heterocycles. The predicted octanol–water partition coefficient (Wildman–Crippen LogP) is 1.29. The van der Waals surface area contributed by atoms with Crippen molar-refractivity contribution in [2.24, 2.45) is 11.7 Å². The summed E-state index contributed by atoms with van der Waals surface area (Å²) >= 11 is 0. The molecule has 14 heavy (non-hydrogen) atoms. The van der Waals surface area contributed by atoms with Crippen LogP contribution in [0.4, 0.5) is 0 Å². The van der Waals surface area contributed by atoms with E-state index in [-0.39, 0.29) is 5.60 Å². The van der Waals surface area contributed by atoms with Gasteiger partial charge in [-0.1, -0.05) is 6.92 Å². The highest BCUT2D eigenvalue weighted by Gasteiger charge is 2.33. The van der Waals surface area contributed by atoms with Crippen LogP contribution in [0.1, 0.15) is 39.5 Å². The van der Waals surface area contributed by atoms with Crippen molar-refractivity contribution in [3.63, 3.8) is 0 Å². The van der Waals surface area contributed by atoms with Crippen LogP contribution in [0.25, 0.3) is 0 Å². The van der Waals surface area contributed by atoms with E-state index in [0.29, 0.717) is 13.2 Å². The lowest BCUT2D eigenvalue weighted by Crippen LogP contribution is -2.45. The van der Waals surface area contributed by atoms with Crippen LogP contribution in [0.5, 0.6) is 0 Å². The first-order valence-electron chi connectivity index (χ1n) is 5.60. The highest BCUT2D eigenvalue weighted by Crippen LogP contribution is 2.34. The Hall–Kier alpha value is -0.120. The number of aliphatic hydroxyl groups is 1. The van der Waals surface area contributed by atoms with Crippen molar-refractivity contribution in [3.05, 3.63) is 0 Å². The second-order valence-corrected chi connectivity index (χ2v) is 4.73. The molecule has 1 atom stereocenters. The molecule has 0 aromatic carbocycles. The van der Waals surface area contributed by atoms with Crippen LogP contribution >= 0.6 is 0 Å². The maximum Gasteiger partial charge on any atom is 0.0805 e. The second-order valence-electron chi connectivity index (χ2n) is 4.73. The average molecular weight is 201 g/mol. The molecule has 1 fully saturated rings. The van der Waals surface area contributed by atoms with Crippen LogP contribution in [0.15, 0.2) is 0 Å². The zero-order chi connectivity index (χ0) is 10.6. The van der Waals surface area contributed by atoms with E-state index in [1.54, 1.807) is 6.92 Å². The van der Waals surface area contributed by atoms with Gasteiger partial charge in [0.25, 0.3) is 0 Å². The van der Waals surface area contributed by atoms with Crippen molar-refractivity contribution < 1.29 is 9.84 Å². The Morgan fingerprint density at radius 3 is 2.50 bits per heavy atom. The summed E-state index contributed by atoms with van der Waals surface area (Å²) < 4.78 is 5.75. The van der Waals surface area contributed by atoms with Gasteiger partial charge in [0.2, 0.25) is 0 Å². The van der Waals surface area contributed by atoms with Gasteiger partial charge in [-0.05, 0) is 38.5 Å². The Bertz CT molecular complexity index is 163. The molecule has 0 spiro atoms. The second kappa shape index (κ2) is 5.10. The third-order valence-corrected chi connectivity index (χ3v) is 3.19. The van der Waals surface area contributed by atoms with Gasteiger partial charge in [-0.25, -0.2) is 0 Å². The molecular weight excluding hydrogens is 178 g/mol. The number of nitrogens with two attached hydrogens (primary N) is 1. The zero-order valence-electron chi connectivity index (χ0n) is 9.33. The fourth-order valence-electron chi connectivity index (χ4n) is 1.99. The quantitative estimate of drug-likeness (QED) is 0.720. The van der Waals surface area contributed by atoms with Gasteiger partial charge in [-0.15, -0.1) is 0 Å². The fraction of sp³-hybridized carbons (Fsp3) is 1.00. The van der Waals surface area contributed by atoms with E-state index in [9.17, 15) is 5.11 Å². The van der Waals surface area contributed by atoms with Gasteiger partial charge in [0, 0.05) is 6.54 Å². The summed E-state index contributed by atoms with van der Waals surface area (Å²) in [5, 5.41) is 9.18. The molecule has 1 aliphatic carbocycles. The molecule has 1 saturated carbocycles. The Balaban J connectivity index is 2.41. The number of aliphatic hydroxyl groups excluding tert-OH is 1. The average Bonchev–Trinajstić information content (AvgIpc) is 2.18. The van der Waals surface area contributed by atoms with Gasteiger partial charge in [0.1, 0.15) is 0 Å². The molecule has 0 aromatic heterocycles. The van der Waals surface area contributed by atoms with Gasteiger partial charge < -0.3 is 15.6 Å². The normalized spacial score (nSPS) is 35.6. The molecule has 1 rings (SSSR count). The Morgan fingerprint density at radius 2 is 2.07 bits per heavy atom. The summed E-state index contributed by atoms with van der Waals surface area (Å²) in [7, 11) is 0. The van der Waals surface area contributed by atoms with Crippen LogP contribution in [-0.4, -0.2) is 30.0 Å². The zero-order valence-corrected chi connectivity index (χ0v) is 9.33. The molecule has 0 bridgehead atoms. The largest absolute Gasteiger partial charge is 0.391 e. The number of ether oxygens (including phenoxy) is 1. The summed E-state index contributed by atoms with van der Waals surface area (Å²) in [5.41, 5.74) is 5.61. The van der Waals surface area contributed by atoms with E-state index in [1.165, 1.54) is 12.8 Å². The molecule has 0 radical (unpaired) electrons. The van der Waals surface area contributed by atoms with Gasteiger partial charge in [-0.2, -0.15) is 0 Å². The van der Waals surface area contributed by atoms with Crippen molar-refractivity contribution in [1.29, 1.82) is 0 Å². The van der Waals surface area contributed by atoms with E-state index in [0.717, 1.165) is 18.8 Å². The predicted molar refractivity (Wildman–Crippen MR) is 57.1 cm³/mol. The topological polar surface area (TPSA) is 55.5 Å². The maximum atomic E-state index is 9.18. The third-order valence-electron chi connectivity index (χ3n) is 3.19. The van der Waals surface area contributed by atoms with Gasteiger partial charge >= 0.3 is 0 Å². The van der Waals surface area contributed by atoms with E-state index < -0.39 is 6.10 Å². The summed E-state index contributed by atoms with van der Waals surface area (Å²) in [6.45, 7) is 5.00. The van der Waals surface area contributed by atoms with E-state index in [1.807, 2.05) is 0 Å². The first kappa shape index (κ1) is 12.0. The lowest BCUT2D eigenvalue weighted by atomic mass is 9.79. The highest BCUT2D eigenvalue weighted by atomic mass is 16.5. The summed E-state index contributed by atoms with van der Waals surface area (Å²) in [6, 6.07) is 0. The molecule has 3 N–H and O–H groups in total. The fourth-order valence-corrected chi connectivity index (χ4v) is 1.99.